The second kappa shape index (κ2) is 6.79. The number of rotatable bonds is 5. The van der Waals surface area contributed by atoms with Crippen LogP contribution < -0.4 is 5.32 Å². The van der Waals surface area contributed by atoms with Gasteiger partial charge in [0, 0.05) is 22.1 Å². The van der Waals surface area contributed by atoms with Gasteiger partial charge in [-0.15, -0.1) is 11.3 Å². The molecule has 0 saturated heterocycles. The average Bonchev–Trinajstić information content (AvgIpc) is 3.15. The van der Waals surface area contributed by atoms with Gasteiger partial charge in [0.15, 0.2) is 0 Å². The highest BCUT2D eigenvalue weighted by atomic mass is 35.5. The van der Waals surface area contributed by atoms with Gasteiger partial charge in [-0.1, -0.05) is 30.7 Å². The van der Waals surface area contributed by atoms with Gasteiger partial charge in [0.2, 0.25) is 0 Å². The van der Waals surface area contributed by atoms with Gasteiger partial charge in [-0.05, 0) is 42.5 Å². The van der Waals surface area contributed by atoms with Crippen LogP contribution in [0.2, 0.25) is 5.02 Å². The van der Waals surface area contributed by atoms with Gasteiger partial charge in [-0.2, -0.15) is 0 Å². The number of carbonyl (C=O) groups is 2. The molecule has 2 amide bonds. The maximum atomic E-state index is 12.7. The van der Waals surface area contributed by atoms with Crippen LogP contribution in [0.25, 0.3) is 5.57 Å². The number of imide groups is 1. The molecule has 0 radical (unpaired) electrons. The van der Waals surface area contributed by atoms with E-state index in [1.54, 1.807) is 6.07 Å². The van der Waals surface area contributed by atoms with Crippen LogP contribution >= 0.6 is 22.9 Å². The van der Waals surface area contributed by atoms with Gasteiger partial charge < -0.3 is 5.32 Å². The predicted molar refractivity (Wildman–Crippen MR) is 98.1 cm³/mol. The molecule has 0 atom stereocenters. The summed E-state index contributed by atoms with van der Waals surface area (Å²) in [5.41, 5.74) is 2.39. The molecular weight excluding hydrogens is 344 g/mol. The van der Waals surface area contributed by atoms with E-state index in [-0.39, 0.29) is 11.8 Å². The monoisotopic (exact) mass is 360 g/mol. The minimum absolute atomic E-state index is 0.245. The molecule has 1 aliphatic rings. The number of nitrogens with zero attached hydrogens (tertiary/aromatic N) is 1. The maximum absolute atomic E-state index is 12.7. The van der Waals surface area contributed by atoms with Crippen molar-refractivity contribution in [2.45, 2.75) is 20.3 Å². The van der Waals surface area contributed by atoms with Gasteiger partial charge in [0.05, 0.1) is 5.57 Å². The Labute approximate surface area is 149 Å². The first kappa shape index (κ1) is 16.7. The Morgan fingerprint density at radius 1 is 1.21 bits per heavy atom. The Hall–Kier alpha value is -2.11. The Kier molecular flexibility index (Phi) is 4.73. The molecule has 1 N–H and O–H groups in total. The van der Waals surface area contributed by atoms with E-state index >= 15 is 0 Å². The molecule has 6 heteroatoms. The first-order valence-electron chi connectivity index (χ1n) is 7.70. The van der Waals surface area contributed by atoms with E-state index in [1.807, 2.05) is 43.5 Å². The Bertz CT molecular complexity index is 828. The van der Waals surface area contributed by atoms with E-state index in [9.17, 15) is 9.59 Å². The Balaban J connectivity index is 2.03. The molecular formula is C18H17ClN2O2S. The van der Waals surface area contributed by atoms with Crippen molar-refractivity contribution in [3.63, 3.8) is 0 Å². The summed E-state index contributed by atoms with van der Waals surface area (Å²) in [5.74, 6) is -0.535. The van der Waals surface area contributed by atoms with Crippen LogP contribution in [-0.4, -0.2) is 23.3 Å². The SMILES string of the molecule is CCCN1C(=O)C(Nc2ccc(C)c(Cl)c2)=C(c2cccs2)C1=O. The average molecular weight is 361 g/mol. The molecule has 4 nitrogen and oxygen atoms in total. The number of thiophene rings is 1. The molecule has 0 spiro atoms. The number of carbonyl (C=O) groups excluding carboxylic acids is 2. The zero-order chi connectivity index (χ0) is 17.3. The minimum Gasteiger partial charge on any atom is -0.350 e. The lowest BCUT2D eigenvalue weighted by atomic mass is 10.1. The number of hydrogen-bond donors (Lipinski definition) is 1. The smallest absolute Gasteiger partial charge is 0.278 e. The van der Waals surface area contributed by atoms with Crippen LogP contribution in [0.4, 0.5) is 5.69 Å². The number of nitrogens with one attached hydrogen (secondary N) is 1. The second-order valence-electron chi connectivity index (χ2n) is 5.58. The molecule has 0 fully saturated rings. The highest BCUT2D eigenvalue weighted by molar-refractivity contribution is 7.11. The molecule has 24 heavy (non-hydrogen) atoms. The quantitative estimate of drug-likeness (QED) is 0.808. The van der Waals surface area contributed by atoms with Crippen molar-refractivity contribution in [3.8, 4) is 0 Å². The molecule has 0 saturated carbocycles. The third-order valence-corrected chi connectivity index (χ3v) is 5.12. The number of aryl methyl sites for hydroxylation is 1. The molecule has 2 heterocycles. The van der Waals surface area contributed by atoms with Gasteiger partial charge in [0.1, 0.15) is 5.70 Å². The second-order valence-corrected chi connectivity index (χ2v) is 6.93. The zero-order valence-electron chi connectivity index (χ0n) is 13.4. The molecule has 1 aliphatic heterocycles. The van der Waals surface area contributed by atoms with Gasteiger partial charge >= 0.3 is 0 Å². The van der Waals surface area contributed by atoms with Crippen LogP contribution in [0.3, 0.4) is 0 Å². The largest absolute Gasteiger partial charge is 0.350 e. The van der Waals surface area contributed by atoms with Crippen molar-refractivity contribution < 1.29 is 9.59 Å². The van der Waals surface area contributed by atoms with E-state index in [2.05, 4.69) is 5.32 Å². The first-order chi connectivity index (χ1) is 11.5. The zero-order valence-corrected chi connectivity index (χ0v) is 15.0. The summed E-state index contributed by atoms with van der Waals surface area (Å²) in [4.78, 5) is 27.5. The minimum atomic E-state index is -0.290. The normalized spacial score (nSPS) is 14.7. The number of amides is 2. The van der Waals surface area contributed by atoms with Crippen molar-refractivity contribution in [3.05, 3.63) is 56.9 Å². The van der Waals surface area contributed by atoms with E-state index in [4.69, 9.17) is 11.6 Å². The fourth-order valence-electron chi connectivity index (χ4n) is 2.58. The predicted octanol–water partition coefficient (Wildman–Crippen LogP) is 4.31. The number of hydrogen-bond acceptors (Lipinski definition) is 4. The topological polar surface area (TPSA) is 49.4 Å². The van der Waals surface area contributed by atoms with Crippen LogP contribution in [-0.2, 0) is 9.59 Å². The lowest BCUT2D eigenvalue weighted by molar-refractivity contribution is -0.136. The summed E-state index contributed by atoms with van der Waals surface area (Å²) >= 11 is 7.60. The highest BCUT2D eigenvalue weighted by Gasteiger charge is 2.39. The van der Waals surface area contributed by atoms with Crippen molar-refractivity contribution in [1.82, 2.24) is 4.90 Å². The van der Waals surface area contributed by atoms with Crippen molar-refractivity contribution in [2.75, 3.05) is 11.9 Å². The molecule has 2 aromatic rings. The molecule has 124 valence electrons. The molecule has 1 aromatic heterocycles. The highest BCUT2D eigenvalue weighted by Crippen LogP contribution is 2.33. The summed E-state index contributed by atoms with van der Waals surface area (Å²) in [7, 11) is 0. The van der Waals surface area contributed by atoms with Crippen LogP contribution in [0.15, 0.2) is 41.4 Å². The van der Waals surface area contributed by atoms with Gasteiger partial charge in [-0.3, -0.25) is 14.5 Å². The standard InChI is InChI=1S/C18H17ClN2O2S/c1-3-8-21-17(22)15(14-5-4-9-24-14)16(18(21)23)20-12-7-6-11(2)13(19)10-12/h4-7,9-10,20H,3,8H2,1-2H3. The number of benzene rings is 1. The third-order valence-electron chi connectivity index (χ3n) is 3.82. The summed E-state index contributed by atoms with van der Waals surface area (Å²) in [6.45, 7) is 4.26. The van der Waals surface area contributed by atoms with Crippen LogP contribution in [0.5, 0.6) is 0 Å². The number of anilines is 1. The van der Waals surface area contributed by atoms with Crippen LogP contribution in [0, 0.1) is 6.92 Å². The number of halogens is 1. The first-order valence-corrected chi connectivity index (χ1v) is 8.96. The fraction of sp³-hybridized carbons (Fsp3) is 0.222. The Morgan fingerprint density at radius 2 is 2.00 bits per heavy atom. The summed E-state index contributed by atoms with van der Waals surface area (Å²) in [6.07, 6.45) is 0.721. The van der Waals surface area contributed by atoms with Gasteiger partial charge in [0.25, 0.3) is 11.8 Å². The molecule has 0 bridgehead atoms. The van der Waals surface area contributed by atoms with Gasteiger partial charge in [-0.25, -0.2) is 0 Å². The third kappa shape index (κ3) is 2.97. The molecule has 0 aliphatic carbocycles. The van der Waals surface area contributed by atoms with Crippen molar-refractivity contribution in [1.29, 1.82) is 0 Å². The van der Waals surface area contributed by atoms with Crippen molar-refractivity contribution in [2.24, 2.45) is 0 Å². The van der Waals surface area contributed by atoms with E-state index in [1.165, 1.54) is 16.2 Å². The van der Waals surface area contributed by atoms with Crippen molar-refractivity contribution >= 4 is 46.0 Å². The molecule has 3 rings (SSSR count). The summed E-state index contributed by atoms with van der Waals surface area (Å²) < 4.78 is 0. The lowest BCUT2D eigenvalue weighted by Crippen LogP contribution is -2.33. The van der Waals surface area contributed by atoms with E-state index in [0.717, 1.165) is 16.9 Å². The van der Waals surface area contributed by atoms with E-state index in [0.29, 0.717) is 28.5 Å². The molecule has 1 aromatic carbocycles. The van der Waals surface area contributed by atoms with Crippen LogP contribution in [0.1, 0.15) is 23.8 Å². The Morgan fingerprint density at radius 3 is 2.62 bits per heavy atom. The summed E-state index contributed by atoms with van der Waals surface area (Å²) in [5, 5.41) is 5.61. The lowest BCUT2D eigenvalue weighted by Gasteiger charge is -2.14. The summed E-state index contributed by atoms with van der Waals surface area (Å²) in [6, 6.07) is 9.20. The maximum Gasteiger partial charge on any atom is 0.278 e. The fourth-order valence-corrected chi connectivity index (χ4v) is 3.53. The van der Waals surface area contributed by atoms with E-state index < -0.39 is 0 Å². The molecule has 0 unspecified atom stereocenters.